The van der Waals surface area contributed by atoms with Gasteiger partial charge in [0.2, 0.25) is 0 Å². The maximum Gasteiger partial charge on any atom is 0.262 e. The van der Waals surface area contributed by atoms with Gasteiger partial charge in [0.05, 0.1) is 22.8 Å². The Kier molecular flexibility index (Phi) is 7.07. The summed E-state index contributed by atoms with van der Waals surface area (Å²) in [5.41, 5.74) is -1.69. The van der Waals surface area contributed by atoms with E-state index in [1.54, 1.807) is 0 Å². The van der Waals surface area contributed by atoms with Gasteiger partial charge in [0.15, 0.2) is 11.6 Å². The van der Waals surface area contributed by atoms with E-state index in [0.717, 1.165) is 24.4 Å². The van der Waals surface area contributed by atoms with Crippen molar-refractivity contribution in [2.75, 3.05) is 5.32 Å². The monoisotopic (exact) mass is 521 g/mol. The van der Waals surface area contributed by atoms with Crippen molar-refractivity contribution in [2.24, 2.45) is 0 Å². The second-order valence-electron chi connectivity index (χ2n) is 8.49. The molecule has 0 spiro atoms. The summed E-state index contributed by atoms with van der Waals surface area (Å²) in [7, 11) is 0. The molecule has 4 aromatic rings. The number of hydrogen-bond donors (Lipinski definition) is 3. The number of aliphatic hydroxyl groups excluding tert-OH is 1. The van der Waals surface area contributed by atoms with Crippen LogP contribution >= 0.6 is 11.6 Å². The predicted molar refractivity (Wildman–Crippen MR) is 125 cm³/mol. The summed E-state index contributed by atoms with van der Waals surface area (Å²) >= 11 is 6.26. The molecule has 0 radical (unpaired) electrons. The van der Waals surface area contributed by atoms with Crippen LogP contribution in [0.15, 0.2) is 42.9 Å². The van der Waals surface area contributed by atoms with Gasteiger partial charge < -0.3 is 15.5 Å². The molecule has 0 saturated heterocycles. The number of aromatic nitrogens is 4. The maximum atomic E-state index is 14.9. The first-order chi connectivity index (χ1) is 17.0. The van der Waals surface area contributed by atoms with Crippen LogP contribution in [0.3, 0.4) is 0 Å². The topological polar surface area (TPSA) is 104 Å². The molecule has 1 atom stereocenters. The van der Waals surface area contributed by atoms with Crippen molar-refractivity contribution in [3.63, 3.8) is 0 Å². The highest BCUT2D eigenvalue weighted by atomic mass is 35.5. The van der Waals surface area contributed by atoms with E-state index in [0.29, 0.717) is 0 Å². The molecule has 0 bridgehead atoms. The van der Waals surface area contributed by atoms with Crippen molar-refractivity contribution < 1.29 is 27.8 Å². The molecule has 3 heterocycles. The van der Waals surface area contributed by atoms with Gasteiger partial charge in [0.1, 0.15) is 28.7 Å². The summed E-state index contributed by atoms with van der Waals surface area (Å²) in [6, 6.07) is 2.55. The summed E-state index contributed by atoms with van der Waals surface area (Å²) in [6.45, 7) is 2.50. The lowest BCUT2D eigenvalue weighted by atomic mass is 10.0. The fourth-order valence-electron chi connectivity index (χ4n) is 3.53. The average Bonchev–Trinajstić information content (AvgIpc) is 2.83. The van der Waals surface area contributed by atoms with Crippen LogP contribution < -0.4 is 5.32 Å². The molecular formula is C24H20ClF4N5O2. The normalized spacial score (nSPS) is 12.8. The van der Waals surface area contributed by atoms with E-state index in [1.165, 1.54) is 32.3 Å². The molecule has 0 fully saturated rings. The zero-order valence-corrected chi connectivity index (χ0v) is 19.7. The Balaban J connectivity index is 1.83. The van der Waals surface area contributed by atoms with Gasteiger partial charge in [0, 0.05) is 35.8 Å². The number of halogens is 5. The van der Waals surface area contributed by atoms with Gasteiger partial charge in [-0.2, -0.15) is 0 Å². The number of anilines is 1. The van der Waals surface area contributed by atoms with Crippen molar-refractivity contribution in [3.8, 4) is 11.3 Å². The van der Waals surface area contributed by atoms with Crippen LogP contribution in [0.1, 0.15) is 36.8 Å². The lowest BCUT2D eigenvalue weighted by Gasteiger charge is -2.22. The Hall–Kier alpha value is -3.41. The number of rotatable bonds is 7. The Labute approximate surface area is 207 Å². The Bertz CT molecular complexity index is 1410. The minimum atomic E-state index is -3.09. The SMILES string of the molecule is CC(C)(O)c1ncc(-c2nc3c(N[C@@H](c4cc(CO)ccc4F)C(F)F)c(Cl)cnc3cc2F)cn1. The molecule has 188 valence electrons. The molecule has 3 aromatic heterocycles. The van der Waals surface area contributed by atoms with Gasteiger partial charge in [0.25, 0.3) is 6.43 Å². The molecule has 4 rings (SSSR count). The fourth-order valence-corrected chi connectivity index (χ4v) is 3.73. The molecule has 3 N–H and O–H groups in total. The highest BCUT2D eigenvalue weighted by Gasteiger charge is 2.28. The molecule has 12 heteroatoms. The number of nitrogens with zero attached hydrogens (tertiary/aromatic N) is 4. The van der Waals surface area contributed by atoms with Gasteiger partial charge in [-0.25, -0.2) is 32.5 Å². The third-order valence-electron chi connectivity index (χ3n) is 5.35. The molecule has 36 heavy (non-hydrogen) atoms. The molecule has 0 aliphatic heterocycles. The van der Waals surface area contributed by atoms with E-state index in [2.05, 4.69) is 25.3 Å². The Morgan fingerprint density at radius 2 is 1.72 bits per heavy atom. The van der Waals surface area contributed by atoms with Crippen molar-refractivity contribution in [3.05, 3.63) is 76.5 Å². The van der Waals surface area contributed by atoms with Gasteiger partial charge in [-0.05, 0) is 31.5 Å². The van der Waals surface area contributed by atoms with E-state index in [9.17, 15) is 27.8 Å². The number of benzene rings is 1. The third kappa shape index (κ3) is 5.08. The quantitative estimate of drug-likeness (QED) is 0.289. The summed E-state index contributed by atoms with van der Waals surface area (Å²) in [4.78, 5) is 16.4. The first kappa shape index (κ1) is 25.7. The third-order valence-corrected chi connectivity index (χ3v) is 5.64. The summed E-state index contributed by atoms with van der Waals surface area (Å²) in [5.74, 6) is -1.59. The minimum Gasteiger partial charge on any atom is -0.392 e. The van der Waals surface area contributed by atoms with E-state index < -0.39 is 41.9 Å². The van der Waals surface area contributed by atoms with Gasteiger partial charge in [-0.15, -0.1) is 0 Å². The van der Waals surface area contributed by atoms with Crippen LogP contribution in [0.2, 0.25) is 5.02 Å². The summed E-state index contributed by atoms with van der Waals surface area (Å²) in [5, 5.41) is 21.8. The molecular weight excluding hydrogens is 502 g/mol. The van der Waals surface area contributed by atoms with Crippen LogP contribution in [0.5, 0.6) is 0 Å². The van der Waals surface area contributed by atoms with Crippen molar-refractivity contribution in [2.45, 2.75) is 38.5 Å². The molecule has 7 nitrogen and oxygen atoms in total. The number of aliphatic hydroxyl groups is 2. The molecule has 0 aliphatic rings. The fraction of sp³-hybridized carbons (Fsp3) is 0.250. The largest absolute Gasteiger partial charge is 0.392 e. The van der Waals surface area contributed by atoms with Gasteiger partial charge in [-0.3, -0.25) is 4.98 Å². The van der Waals surface area contributed by atoms with Gasteiger partial charge in [-0.1, -0.05) is 17.7 Å². The maximum absolute atomic E-state index is 14.9. The van der Waals surface area contributed by atoms with Crippen molar-refractivity contribution >= 4 is 28.3 Å². The van der Waals surface area contributed by atoms with Crippen LogP contribution in [0.25, 0.3) is 22.3 Å². The number of pyridine rings is 2. The average molecular weight is 522 g/mol. The summed E-state index contributed by atoms with van der Waals surface area (Å²) in [6.07, 6.45) is 0.577. The first-order valence-corrected chi connectivity index (χ1v) is 11.0. The molecule has 0 aliphatic carbocycles. The number of hydrogen-bond acceptors (Lipinski definition) is 7. The number of nitrogens with one attached hydrogen (secondary N) is 1. The highest BCUT2D eigenvalue weighted by Crippen LogP contribution is 2.36. The molecule has 0 saturated carbocycles. The van der Waals surface area contributed by atoms with E-state index >= 15 is 0 Å². The zero-order chi connectivity index (χ0) is 26.2. The van der Waals surface area contributed by atoms with Crippen molar-refractivity contribution in [1.82, 2.24) is 19.9 Å². The van der Waals surface area contributed by atoms with Gasteiger partial charge >= 0.3 is 0 Å². The highest BCUT2D eigenvalue weighted by molar-refractivity contribution is 6.34. The second-order valence-corrected chi connectivity index (χ2v) is 8.90. The smallest absolute Gasteiger partial charge is 0.262 e. The Morgan fingerprint density at radius 3 is 2.33 bits per heavy atom. The van der Waals surface area contributed by atoms with E-state index in [-0.39, 0.29) is 44.4 Å². The number of alkyl halides is 2. The predicted octanol–water partition coefficient (Wildman–Crippen LogP) is 5.16. The molecule has 1 aromatic carbocycles. The minimum absolute atomic E-state index is 0.00905. The summed E-state index contributed by atoms with van der Waals surface area (Å²) < 4.78 is 57.6. The first-order valence-electron chi connectivity index (χ1n) is 10.6. The number of fused-ring (bicyclic) bond motifs is 1. The Morgan fingerprint density at radius 1 is 1.03 bits per heavy atom. The van der Waals surface area contributed by atoms with Crippen LogP contribution in [-0.4, -0.2) is 36.6 Å². The second kappa shape index (κ2) is 9.92. The standard InChI is InChI=1S/C24H20ClF4N5O2/c1-24(2,36)23-31-7-12(8-32-23)18-16(27)6-17-21(33-18)20(14(25)9-30-17)34-19(22(28)29)13-5-11(10-35)3-4-15(13)26/h3-9,19,22,35-36H,10H2,1-2H3,(H,30,34)/t19-/m0/s1. The lowest BCUT2D eigenvalue weighted by molar-refractivity contribution is 0.0687. The van der Waals surface area contributed by atoms with E-state index in [1.807, 2.05) is 0 Å². The lowest BCUT2D eigenvalue weighted by Crippen LogP contribution is -2.21. The van der Waals surface area contributed by atoms with Crippen molar-refractivity contribution in [1.29, 1.82) is 0 Å². The van der Waals surface area contributed by atoms with Crippen LogP contribution in [-0.2, 0) is 12.2 Å². The molecule has 0 amide bonds. The molecule has 0 unspecified atom stereocenters. The zero-order valence-electron chi connectivity index (χ0n) is 19.0. The van der Waals surface area contributed by atoms with Crippen LogP contribution in [0, 0.1) is 11.6 Å². The van der Waals surface area contributed by atoms with Crippen LogP contribution in [0.4, 0.5) is 23.2 Å². The van der Waals surface area contributed by atoms with E-state index in [4.69, 9.17) is 11.6 Å².